The molecule has 1 rings (SSSR count). The summed E-state index contributed by atoms with van der Waals surface area (Å²) in [6, 6.07) is 9.84. The van der Waals surface area contributed by atoms with Gasteiger partial charge in [-0.1, -0.05) is 37.3 Å². The lowest BCUT2D eigenvalue weighted by Crippen LogP contribution is -2.35. The van der Waals surface area contributed by atoms with Crippen LogP contribution in [0.25, 0.3) is 0 Å². The number of hydrogen-bond acceptors (Lipinski definition) is 2. The summed E-state index contributed by atoms with van der Waals surface area (Å²) < 4.78 is 5.22. The predicted molar refractivity (Wildman–Crippen MR) is 55.9 cm³/mol. The molecule has 2 heteroatoms. The lowest BCUT2D eigenvalue weighted by molar-refractivity contribution is 0.0447. The maximum absolute atomic E-state index is 10.8. The highest BCUT2D eigenvalue weighted by atomic mass is 16.5. The topological polar surface area (TPSA) is 26.3 Å². The van der Waals surface area contributed by atoms with Crippen molar-refractivity contribution in [1.82, 2.24) is 0 Å². The molecular weight excluding hydrogens is 176 g/mol. The summed E-state index contributed by atoms with van der Waals surface area (Å²) in [5.74, 6) is 0. The van der Waals surface area contributed by atoms with Gasteiger partial charge in [0.25, 0.3) is 0 Å². The zero-order chi connectivity index (χ0) is 10.4. The molecule has 1 aromatic rings. The SMILES string of the molecule is CCC([C]=O)(Cc1ccccc1)OC. The summed E-state index contributed by atoms with van der Waals surface area (Å²) in [4.78, 5) is 10.8. The standard InChI is InChI=1S/C12H15O2/c1-3-12(10-13,14-2)9-11-7-5-4-6-8-11/h4-8H,3,9H2,1-2H3. The van der Waals surface area contributed by atoms with Crippen molar-refractivity contribution in [1.29, 1.82) is 0 Å². The minimum atomic E-state index is -0.776. The van der Waals surface area contributed by atoms with Gasteiger partial charge in [0.1, 0.15) is 5.60 Å². The Bertz CT molecular complexity index is 276. The Balaban J connectivity index is 2.79. The van der Waals surface area contributed by atoms with E-state index < -0.39 is 5.60 Å². The Morgan fingerprint density at radius 1 is 1.36 bits per heavy atom. The van der Waals surface area contributed by atoms with E-state index in [0.717, 1.165) is 5.56 Å². The van der Waals surface area contributed by atoms with E-state index in [4.69, 9.17) is 4.74 Å². The van der Waals surface area contributed by atoms with Crippen LogP contribution in [0.1, 0.15) is 18.9 Å². The highest BCUT2D eigenvalue weighted by Crippen LogP contribution is 2.18. The van der Waals surface area contributed by atoms with Gasteiger partial charge in [0.05, 0.1) is 0 Å². The van der Waals surface area contributed by atoms with E-state index in [-0.39, 0.29) is 0 Å². The Hall–Kier alpha value is -1.15. The Kier molecular flexibility index (Phi) is 3.84. The fourth-order valence-electron chi connectivity index (χ4n) is 1.42. The largest absolute Gasteiger partial charge is 0.370 e. The van der Waals surface area contributed by atoms with E-state index in [0.29, 0.717) is 12.8 Å². The number of ether oxygens (including phenoxy) is 1. The van der Waals surface area contributed by atoms with Crippen molar-refractivity contribution >= 4 is 6.29 Å². The molecule has 0 saturated carbocycles. The van der Waals surface area contributed by atoms with Crippen molar-refractivity contribution in [3.05, 3.63) is 35.9 Å². The molecule has 1 unspecified atom stereocenters. The van der Waals surface area contributed by atoms with Crippen LogP contribution in [0.3, 0.4) is 0 Å². The molecule has 0 aliphatic rings. The van der Waals surface area contributed by atoms with Crippen LogP contribution in [0.5, 0.6) is 0 Å². The molecule has 75 valence electrons. The molecule has 0 aliphatic carbocycles. The van der Waals surface area contributed by atoms with Gasteiger partial charge in [-0.15, -0.1) is 0 Å². The Labute approximate surface area is 84.9 Å². The Morgan fingerprint density at radius 2 is 2.00 bits per heavy atom. The van der Waals surface area contributed by atoms with Gasteiger partial charge in [0.2, 0.25) is 6.29 Å². The van der Waals surface area contributed by atoms with Crippen LogP contribution in [0, 0.1) is 0 Å². The zero-order valence-corrected chi connectivity index (χ0v) is 8.62. The fourth-order valence-corrected chi connectivity index (χ4v) is 1.42. The molecule has 1 aromatic carbocycles. The zero-order valence-electron chi connectivity index (χ0n) is 8.62. The summed E-state index contributed by atoms with van der Waals surface area (Å²) >= 11 is 0. The lowest BCUT2D eigenvalue weighted by atomic mass is 9.93. The van der Waals surface area contributed by atoms with E-state index in [1.54, 1.807) is 7.11 Å². The van der Waals surface area contributed by atoms with Crippen molar-refractivity contribution < 1.29 is 9.53 Å². The van der Waals surface area contributed by atoms with Gasteiger partial charge in [-0.3, -0.25) is 4.79 Å². The fraction of sp³-hybridized carbons (Fsp3) is 0.417. The second kappa shape index (κ2) is 4.91. The Morgan fingerprint density at radius 3 is 2.43 bits per heavy atom. The predicted octanol–water partition coefficient (Wildman–Crippen LogP) is 2.13. The smallest absolute Gasteiger partial charge is 0.233 e. The summed E-state index contributed by atoms with van der Waals surface area (Å²) in [7, 11) is 1.55. The van der Waals surface area contributed by atoms with Gasteiger partial charge in [-0.25, -0.2) is 0 Å². The molecule has 0 aromatic heterocycles. The lowest BCUT2D eigenvalue weighted by Gasteiger charge is -2.23. The summed E-state index contributed by atoms with van der Waals surface area (Å²) in [6.07, 6.45) is 3.22. The monoisotopic (exact) mass is 191 g/mol. The van der Waals surface area contributed by atoms with E-state index in [1.165, 1.54) is 0 Å². The number of hydrogen-bond donors (Lipinski definition) is 0. The maximum Gasteiger partial charge on any atom is 0.233 e. The summed E-state index contributed by atoms with van der Waals surface area (Å²) in [5, 5.41) is 0. The van der Waals surface area contributed by atoms with Crippen molar-refractivity contribution in [2.45, 2.75) is 25.4 Å². The number of benzene rings is 1. The van der Waals surface area contributed by atoms with Crippen molar-refractivity contribution in [2.24, 2.45) is 0 Å². The molecule has 14 heavy (non-hydrogen) atoms. The molecule has 0 aliphatic heterocycles. The molecule has 1 radical (unpaired) electrons. The first-order valence-corrected chi connectivity index (χ1v) is 4.74. The van der Waals surface area contributed by atoms with Gasteiger partial charge in [-0.05, 0) is 12.0 Å². The molecule has 0 amide bonds. The second-order valence-corrected chi connectivity index (χ2v) is 3.32. The van der Waals surface area contributed by atoms with E-state index in [9.17, 15) is 4.79 Å². The second-order valence-electron chi connectivity index (χ2n) is 3.32. The van der Waals surface area contributed by atoms with Gasteiger partial charge in [0, 0.05) is 13.5 Å². The maximum atomic E-state index is 10.8. The molecule has 0 saturated heterocycles. The third-order valence-electron chi connectivity index (χ3n) is 2.48. The van der Waals surface area contributed by atoms with E-state index in [1.807, 2.05) is 43.5 Å². The minimum absolute atomic E-state index is 0.588. The molecule has 0 spiro atoms. The van der Waals surface area contributed by atoms with Gasteiger partial charge in [-0.2, -0.15) is 0 Å². The molecule has 0 heterocycles. The molecule has 0 N–H and O–H groups in total. The van der Waals surface area contributed by atoms with Crippen LogP contribution in [-0.4, -0.2) is 19.0 Å². The van der Waals surface area contributed by atoms with E-state index in [2.05, 4.69) is 0 Å². The quantitative estimate of drug-likeness (QED) is 0.712. The van der Waals surface area contributed by atoms with Gasteiger partial charge >= 0.3 is 0 Å². The van der Waals surface area contributed by atoms with E-state index >= 15 is 0 Å². The van der Waals surface area contributed by atoms with Crippen LogP contribution in [0.2, 0.25) is 0 Å². The number of methoxy groups -OCH3 is 1. The highest BCUT2D eigenvalue weighted by Gasteiger charge is 2.28. The van der Waals surface area contributed by atoms with Crippen molar-refractivity contribution in [3.8, 4) is 0 Å². The van der Waals surface area contributed by atoms with Gasteiger partial charge < -0.3 is 4.74 Å². The molecule has 1 atom stereocenters. The minimum Gasteiger partial charge on any atom is -0.370 e. The summed E-state index contributed by atoms with van der Waals surface area (Å²) in [5.41, 5.74) is 0.320. The average molecular weight is 191 g/mol. The number of rotatable bonds is 5. The molecule has 2 nitrogen and oxygen atoms in total. The van der Waals surface area contributed by atoms with Crippen LogP contribution >= 0.6 is 0 Å². The van der Waals surface area contributed by atoms with Crippen molar-refractivity contribution in [2.75, 3.05) is 7.11 Å². The van der Waals surface area contributed by atoms with Crippen LogP contribution < -0.4 is 0 Å². The average Bonchev–Trinajstić information content (AvgIpc) is 2.28. The van der Waals surface area contributed by atoms with Crippen molar-refractivity contribution in [3.63, 3.8) is 0 Å². The number of carbonyl (C=O) groups excluding carboxylic acids is 1. The third-order valence-corrected chi connectivity index (χ3v) is 2.48. The third kappa shape index (κ3) is 2.42. The van der Waals surface area contributed by atoms with Crippen LogP contribution in [0.15, 0.2) is 30.3 Å². The molecular formula is C12H15O2. The van der Waals surface area contributed by atoms with Gasteiger partial charge in [0.15, 0.2) is 0 Å². The first-order chi connectivity index (χ1) is 6.76. The first-order valence-electron chi connectivity index (χ1n) is 4.74. The first kappa shape index (κ1) is 10.9. The van der Waals surface area contributed by atoms with Crippen LogP contribution in [-0.2, 0) is 16.0 Å². The highest BCUT2D eigenvalue weighted by molar-refractivity contribution is 5.64. The summed E-state index contributed by atoms with van der Waals surface area (Å²) in [6.45, 7) is 1.93. The normalized spacial score (nSPS) is 14.7. The van der Waals surface area contributed by atoms with Crippen LogP contribution in [0.4, 0.5) is 0 Å². The molecule has 0 fully saturated rings. The molecule has 0 bridgehead atoms.